The van der Waals surface area contributed by atoms with Gasteiger partial charge in [0.05, 0.1) is 18.3 Å². The predicted molar refractivity (Wildman–Crippen MR) is 67.9 cm³/mol. The monoisotopic (exact) mass is 265 g/mol. The maximum Gasteiger partial charge on any atom is 0.156 e. The maximum atomic E-state index is 10.9. The van der Waals surface area contributed by atoms with Gasteiger partial charge in [0.1, 0.15) is 17.3 Å². The highest BCUT2D eigenvalue weighted by Crippen LogP contribution is 2.16. The summed E-state index contributed by atoms with van der Waals surface area (Å²) in [4.78, 5) is 18.6. The van der Waals surface area contributed by atoms with Gasteiger partial charge in [-0.25, -0.2) is 9.97 Å². The number of aromatic nitrogens is 4. The first-order valence-electron chi connectivity index (χ1n) is 5.39. The average Bonchev–Trinajstić information content (AvgIpc) is 2.75. The zero-order valence-corrected chi connectivity index (χ0v) is 10.6. The van der Waals surface area contributed by atoms with Crippen molar-refractivity contribution in [3.63, 3.8) is 0 Å². The number of nitrogens with zero attached hydrogens (tertiary/aromatic N) is 4. The van der Waals surface area contributed by atoms with Gasteiger partial charge >= 0.3 is 0 Å². The molecular weight excluding hydrogens is 254 g/mol. The Bertz CT molecular complexity index is 554. The maximum absolute atomic E-state index is 10.9. The van der Waals surface area contributed by atoms with Crippen molar-refractivity contribution in [3.05, 3.63) is 35.0 Å². The van der Waals surface area contributed by atoms with E-state index in [4.69, 9.17) is 11.6 Å². The van der Waals surface area contributed by atoms with Crippen LogP contribution in [0.25, 0.3) is 0 Å². The van der Waals surface area contributed by atoms with Crippen molar-refractivity contribution in [1.29, 1.82) is 0 Å². The topological polar surface area (TPSA) is 72.7 Å². The molecule has 2 aromatic rings. The van der Waals surface area contributed by atoms with Gasteiger partial charge in [-0.2, -0.15) is 5.10 Å². The molecule has 0 saturated carbocycles. The third kappa shape index (κ3) is 2.84. The van der Waals surface area contributed by atoms with Crippen LogP contribution in [0.3, 0.4) is 0 Å². The Morgan fingerprint density at radius 1 is 1.50 bits per heavy atom. The van der Waals surface area contributed by atoms with E-state index in [-0.39, 0.29) is 10.7 Å². The summed E-state index contributed by atoms with van der Waals surface area (Å²) in [5, 5.41) is 7.34. The second-order valence-corrected chi connectivity index (χ2v) is 4.11. The number of aldehydes is 1. The molecular formula is C11H12ClN5O. The molecule has 0 amide bonds. The van der Waals surface area contributed by atoms with Crippen molar-refractivity contribution in [2.75, 3.05) is 11.9 Å². The van der Waals surface area contributed by atoms with E-state index in [1.165, 1.54) is 6.33 Å². The number of anilines is 1. The fraction of sp³-hybridized carbons (Fsp3) is 0.273. The molecule has 0 fully saturated rings. The Labute approximate surface area is 109 Å². The van der Waals surface area contributed by atoms with E-state index in [1.807, 2.05) is 17.8 Å². The van der Waals surface area contributed by atoms with E-state index in [0.717, 1.165) is 5.56 Å². The number of carbonyl (C=O) groups is 1. The number of hydrogen-bond donors (Lipinski definition) is 1. The van der Waals surface area contributed by atoms with Crippen molar-refractivity contribution in [3.8, 4) is 0 Å². The molecule has 94 valence electrons. The summed E-state index contributed by atoms with van der Waals surface area (Å²) in [6, 6.07) is 0. The largest absolute Gasteiger partial charge is 0.367 e. The van der Waals surface area contributed by atoms with Crippen LogP contribution in [0.1, 0.15) is 15.9 Å². The highest BCUT2D eigenvalue weighted by molar-refractivity contribution is 6.32. The highest BCUT2D eigenvalue weighted by Gasteiger charge is 2.08. The van der Waals surface area contributed by atoms with Crippen molar-refractivity contribution in [1.82, 2.24) is 19.7 Å². The van der Waals surface area contributed by atoms with Crippen LogP contribution >= 0.6 is 11.6 Å². The molecule has 0 spiro atoms. The van der Waals surface area contributed by atoms with E-state index in [0.29, 0.717) is 25.2 Å². The third-order valence-electron chi connectivity index (χ3n) is 2.35. The molecule has 0 aliphatic heterocycles. The lowest BCUT2D eigenvalue weighted by molar-refractivity contribution is 0.112. The Morgan fingerprint density at radius 3 is 3.00 bits per heavy atom. The molecule has 1 N–H and O–H groups in total. The van der Waals surface area contributed by atoms with Crippen LogP contribution in [0.2, 0.25) is 5.15 Å². The first kappa shape index (κ1) is 12.5. The van der Waals surface area contributed by atoms with E-state index in [1.54, 1.807) is 6.20 Å². The van der Waals surface area contributed by atoms with Crippen molar-refractivity contribution in [2.45, 2.75) is 13.5 Å². The summed E-state index contributed by atoms with van der Waals surface area (Å²) in [5.74, 6) is 0.439. The first-order valence-corrected chi connectivity index (χ1v) is 5.77. The van der Waals surface area contributed by atoms with Crippen LogP contribution in [-0.4, -0.2) is 32.6 Å². The smallest absolute Gasteiger partial charge is 0.156 e. The van der Waals surface area contributed by atoms with Crippen LogP contribution in [0.15, 0.2) is 18.7 Å². The lowest BCUT2D eigenvalue weighted by atomic mass is 10.3. The number of carbonyl (C=O) groups excluding carboxylic acids is 1. The Kier molecular flexibility index (Phi) is 3.88. The van der Waals surface area contributed by atoms with Crippen LogP contribution < -0.4 is 5.32 Å². The van der Waals surface area contributed by atoms with Gasteiger partial charge in [0.2, 0.25) is 0 Å². The summed E-state index contributed by atoms with van der Waals surface area (Å²) < 4.78 is 1.81. The predicted octanol–water partition coefficient (Wildman–Crippen LogP) is 1.56. The second kappa shape index (κ2) is 5.59. The molecule has 18 heavy (non-hydrogen) atoms. The molecule has 0 aliphatic rings. The minimum absolute atomic E-state index is 0.150. The second-order valence-electron chi connectivity index (χ2n) is 3.75. The number of hydrogen-bond acceptors (Lipinski definition) is 5. The molecule has 0 aromatic carbocycles. The zero-order valence-electron chi connectivity index (χ0n) is 9.80. The van der Waals surface area contributed by atoms with Crippen molar-refractivity contribution in [2.24, 2.45) is 0 Å². The van der Waals surface area contributed by atoms with Gasteiger partial charge in [-0.1, -0.05) is 11.6 Å². The van der Waals surface area contributed by atoms with Crippen LogP contribution in [0.5, 0.6) is 0 Å². The molecule has 0 bridgehead atoms. The lowest BCUT2D eigenvalue weighted by Gasteiger charge is -2.07. The number of nitrogens with one attached hydrogen (secondary N) is 1. The van der Waals surface area contributed by atoms with Gasteiger partial charge in [-0.3, -0.25) is 9.48 Å². The molecule has 0 saturated heterocycles. The molecule has 2 rings (SSSR count). The highest BCUT2D eigenvalue weighted by atomic mass is 35.5. The Hall–Kier alpha value is -1.95. The van der Waals surface area contributed by atoms with E-state index < -0.39 is 0 Å². The molecule has 7 heteroatoms. The minimum Gasteiger partial charge on any atom is -0.367 e. The summed E-state index contributed by atoms with van der Waals surface area (Å²) >= 11 is 5.79. The summed E-state index contributed by atoms with van der Waals surface area (Å²) in [5.41, 5.74) is 1.38. The van der Waals surface area contributed by atoms with E-state index in [2.05, 4.69) is 20.4 Å². The van der Waals surface area contributed by atoms with Gasteiger partial charge in [-0.05, 0) is 12.5 Å². The van der Waals surface area contributed by atoms with E-state index >= 15 is 0 Å². The molecule has 0 aliphatic carbocycles. The molecule has 2 aromatic heterocycles. The van der Waals surface area contributed by atoms with Crippen molar-refractivity contribution < 1.29 is 4.79 Å². The van der Waals surface area contributed by atoms with E-state index in [9.17, 15) is 4.79 Å². The fourth-order valence-corrected chi connectivity index (χ4v) is 1.68. The molecule has 0 atom stereocenters. The zero-order chi connectivity index (χ0) is 13.0. The molecule has 0 radical (unpaired) electrons. The lowest BCUT2D eigenvalue weighted by Crippen LogP contribution is -2.13. The van der Waals surface area contributed by atoms with Crippen LogP contribution in [0.4, 0.5) is 5.82 Å². The Balaban J connectivity index is 1.98. The quantitative estimate of drug-likeness (QED) is 0.656. The van der Waals surface area contributed by atoms with Crippen molar-refractivity contribution >= 4 is 23.7 Å². The van der Waals surface area contributed by atoms with Gasteiger partial charge in [0.25, 0.3) is 0 Å². The molecule has 6 nitrogen and oxygen atoms in total. The minimum atomic E-state index is 0.150. The SMILES string of the molecule is Cc1cnn(CCNc2ncnc(Cl)c2C=O)c1. The number of aryl methyl sites for hydroxylation is 1. The molecule has 0 unspecified atom stereocenters. The third-order valence-corrected chi connectivity index (χ3v) is 2.65. The average molecular weight is 266 g/mol. The van der Waals surface area contributed by atoms with Gasteiger partial charge in [0, 0.05) is 12.7 Å². The molecule has 2 heterocycles. The Morgan fingerprint density at radius 2 is 2.33 bits per heavy atom. The van der Waals surface area contributed by atoms with Crippen LogP contribution in [0, 0.1) is 6.92 Å². The van der Waals surface area contributed by atoms with Crippen LogP contribution in [-0.2, 0) is 6.54 Å². The summed E-state index contributed by atoms with van der Waals surface area (Å²) in [6.45, 7) is 3.24. The van der Waals surface area contributed by atoms with Gasteiger partial charge < -0.3 is 5.32 Å². The summed E-state index contributed by atoms with van der Waals surface area (Å²) in [6.07, 6.45) is 5.69. The first-order chi connectivity index (χ1) is 8.70. The fourth-order valence-electron chi connectivity index (χ4n) is 1.50. The number of rotatable bonds is 5. The standard InChI is InChI=1S/C11H12ClN5O/c1-8-4-16-17(5-8)3-2-13-11-9(6-18)10(12)14-7-15-11/h4-7H,2-3H2,1H3,(H,13,14,15). The van der Waals surface area contributed by atoms with Gasteiger partial charge in [0.15, 0.2) is 6.29 Å². The van der Waals surface area contributed by atoms with Gasteiger partial charge in [-0.15, -0.1) is 0 Å². The normalized spacial score (nSPS) is 10.3. The number of halogens is 1. The summed E-state index contributed by atoms with van der Waals surface area (Å²) in [7, 11) is 0.